The van der Waals surface area contributed by atoms with Crippen molar-refractivity contribution < 1.29 is 9.59 Å². The molecule has 0 heterocycles. The summed E-state index contributed by atoms with van der Waals surface area (Å²) < 4.78 is 0. The summed E-state index contributed by atoms with van der Waals surface area (Å²) in [7, 11) is 3.91. The molecule has 0 aromatic heterocycles. The first kappa shape index (κ1) is 19.6. The molecule has 138 valence electrons. The second kappa shape index (κ2) is 9.70. The van der Waals surface area contributed by atoms with Crippen LogP contribution in [0.1, 0.15) is 27.5 Å². The Labute approximate surface area is 154 Å². The van der Waals surface area contributed by atoms with Crippen LogP contribution in [0.2, 0.25) is 0 Å². The van der Waals surface area contributed by atoms with Gasteiger partial charge in [-0.25, -0.2) is 0 Å². The molecule has 0 fully saturated rings. The lowest BCUT2D eigenvalue weighted by Crippen LogP contribution is -2.34. The van der Waals surface area contributed by atoms with Gasteiger partial charge in [-0.15, -0.1) is 0 Å². The molecule has 0 aliphatic rings. The van der Waals surface area contributed by atoms with Crippen LogP contribution in [0.3, 0.4) is 0 Å². The predicted octanol–water partition coefficient (Wildman–Crippen LogP) is 1.29. The Morgan fingerprint density at radius 3 is 2.46 bits per heavy atom. The SMILES string of the molecule is CN(C)CCNC(=O)c1cccc(CNC(=O)C(N)c2ccccc2)c1. The average Bonchev–Trinajstić information content (AvgIpc) is 2.66. The molecule has 0 radical (unpaired) electrons. The van der Waals surface area contributed by atoms with Gasteiger partial charge in [0, 0.05) is 25.2 Å². The van der Waals surface area contributed by atoms with E-state index < -0.39 is 6.04 Å². The van der Waals surface area contributed by atoms with E-state index in [2.05, 4.69) is 10.6 Å². The van der Waals surface area contributed by atoms with Gasteiger partial charge in [-0.3, -0.25) is 9.59 Å². The van der Waals surface area contributed by atoms with E-state index in [-0.39, 0.29) is 11.8 Å². The molecule has 0 saturated carbocycles. The van der Waals surface area contributed by atoms with E-state index in [1.807, 2.05) is 55.4 Å². The molecule has 26 heavy (non-hydrogen) atoms. The van der Waals surface area contributed by atoms with E-state index in [1.54, 1.807) is 18.2 Å². The minimum atomic E-state index is -0.714. The quantitative estimate of drug-likeness (QED) is 0.667. The number of amides is 2. The van der Waals surface area contributed by atoms with E-state index in [1.165, 1.54) is 0 Å². The van der Waals surface area contributed by atoms with Crippen molar-refractivity contribution in [3.8, 4) is 0 Å². The van der Waals surface area contributed by atoms with Gasteiger partial charge in [0.15, 0.2) is 0 Å². The van der Waals surface area contributed by atoms with Gasteiger partial charge >= 0.3 is 0 Å². The summed E-state index contributed by atoms with van der Waals surface area (Å²) in [4.78, 5) is 26.4. The van der Waals surface area contributed by atoms with Crippen molar-refractivity contribution in [1.29, 1.82) is 0 Å². The number of rotatable bonds is 8. The molecule has 2 rings (SSSR count). The van der Waals surface area contributed by atoms with Gasteiger partial charge < -0.3 is 21.3 Å². The van der Waals surface area contributed by atoms with Crippen LogP contribution < -0.4 is 16.4 Å². The lowest BCUT2D eigenvalue weighted by molar-refractivity contribution is -0.122. The van der Waals surface area contributed by atoms with Crippen LogP contribution in [0.5, 0.6) is 0 Å². The first-order chi connectivity index (χ1) is 12.5. The molecule has 2 aromatic rings. The van der Waals surface area contributed by atoms with Gasteiger partial charge in [0.25, 0.3) is 5.91 Å². The minimum Gasteiger partial charge on any atom is -0.351 e. The van der Waals surface area contributed by atoms with E-state index in [9.17, 15) is 9.59 Å². The Hall–Kier alpha value is -2.70. The fraction of sp³-hybridized carbons (Fsp3) is 0.300. The lowest BCUT2D eigenvalue weighted by atomic mass is 10.1. The standard InChI is InChI=1S/C20H26N4O2/c1-24(2)12-11-22-19(25)17-10-6-7-15(13-17)14-23-20(26)18(21)16-8-4-3-5-9-16/h3-10,13,18H,11-12,14,21H2,1-2H3,(H,22,25)(H,23,26). The Morgan fingerprint density at radius 2 is 1.77 bits per heavy atom. The average molecular weight is 354 g/mol. The van der Waals surface area contributed by atoms with Crippen molar-refractivity contribution in [3.63, 3.8) is 0 Å². The third-order valence-corrected chi connectivity index (χ3v) is 3.94. The number of hydrogen-bond donors (Lipinski definition) is 3. The summed E-state index contributed by atoms with van der Waals surface area (Å²) in [6.07, 6.45) is 0. The van der Waals surface area contributed by atoms with Gasteiger partial charge in [-0.1, -0.05) is 42.5 Å². The minimum absolute atomic E-state index is 0.124. The Bertz CT molecular complexity index is 732. The first-order valence-corrected chi connectivity index (χ1v) is 8.57. The number of nitrogens with zero attached hydrogens (tertiary/aromatic N) is 1. The van der Waals surface area contributed by atoms with Crippen LogP contribution >= 0.6 is 0 Å². The molecule has 4 N–H and O–H groups in total. The Balaban J connectivity index is 1.90. The third-order valence-electron chi connectivity index (χ3n) is 3.94. The van der Waals surface area contributed by atoms with Crippen LogP contribution in [0, 0.1) is 0 Å². The van der Waals surface area contributed by atoms with Crippen LogP contribution in [0.25, 0.3) is 0 Å². The van der Waals surface area contributed by atoms with E-state index in [0.717, 1.165) is 17.7 Å². The second-order valence-corrected chi connectivity index (χ2v) is 6.37. The lowest BCUT2D eigenvalue weighted by Gasteiger charge is -2.13. The maximum Gasteiger partial charge on any atom is 0.251 e. The molecule has 6 heteroatoms. The molecule has 0 spiro atoms. The highest BCUT2D eigenvalue weighted by atomic mass is 16.2. The van der Waals surface area contributed by atoms with E-state index in [0.29, 0.717) is 18.7 Å². The number of likely N-dealkylation sites (N-methyl/N-ethyl adjacent to an activating group) is 1. The van der Waals surface area contributed by atoms with Gasteiger partial charge in [0.2, 0.25) is 5.91 Å². The van der Waals surface area contributed by atoms with Crippen molar-refractivity contribution >= 4 is 11.8 Å². The zero-order valence-electron chi connectivity index (χ0n) is 15.2. The number of hydrogen-bond acceptors (Lipinski definition) is 4. The van der Waals surface area contributed by atoms with Gasteiger partial charge in [0.1, 0.15) is 6.04 Å². The molecule has 1 unspecified atom stereocenters. The maximum absolute atomic E-state index is 12.2. The molecule has 0 bridgehead atoms. The number of nitrogens with one attached hydrogen (secondary N) is 2. The van der Waals surface area contributed by atoms with Crippen molar-refractivity contribution in [2.24, 2.45) is 5.73 Å². The normalized spacial score (nSPS) is 11.8. The van der Waals surface area contributed by atoms with E-state index >= 15 is 0 Å². The fourth-order valence-corrected chi connectivity index (χ4v) is 2.43. The van der Waals surface area contributed by atoms with Gasteiger partial charge in [-0.2, -0.15) is 0 Å². The van der Waals surface area contributed by atoms with Crippen LogP contribution in [0.4, 0.5) is 0 Å². The van der Waals surface area contributed by atoms with Gasteiger partial charge in [0.05, 0.1) is 0 Å². The van der Waals surface area contributed by atoms with Crippen LogP contribution in [0.15, 0.2) is 54.6 Å². The van der Waals surface area contributed by atoms with Crippen LogP contribution in [-0.4, -0.2) is 43.9 Å². The third kappa shape index (κ3) is 5.98. The van der Waals surface area contributed by atoms with Crippen LogP contribution in [-0.2, 0) is 11.3 Å². The maximum atomic E-state index is 12.2. The number of carbonyl (C=O) groups is 2. The van der Waals surface area contributed by atoms with Gasteiger partial charge in [-0.05, 0) is 37.4 Å². The highest BCUT2D eigenvalue weighted by Gasteiger charge is 2.15. The molecular weight excluding hydrogens is 328 g/mol. The molecule has 6 nitrogen and oxygen atoms in total. The van der Waals surface area contributed by atoms with Crippen molar-refractivity contribution in [2.75, 3.05) is 27.2 Å². The highest BCUT2D eigenvalue weighted by molar-refractivity contribution is 5.94. The Kier molecular flexibility index (Phi) is 7.32. The summed E-state index contributed by atoms with van der Waals surface area (Å²) >= 11 is 0. The molecule has 1 atom stereocenters. The van der Waals surface area contributed by atoms with Crippen molar-refractivity contribution in [3.05, 3.63) is 71.3 Å². The summed E-state index contributed by atoms with van der Waals surface area (Å²) in [5, 5.41) is 5.69. The molecule has 0 aliphatic heterocycles. The summed E-state index contributed by atoms with van der Waals surface area (Å²) in [5.41, 5.74) is 8.16. The summed E-state index contributed by atoms with van der Waals surface area (Å²) in [5.74, 6) is -0.377. The fourth-order valence-electron chi connectivity index (χ4n) is 2.43. The van der Waals surface area contributed by atoms with Crippen molar-refractivity contribution in [1.82, 2.24) is 15.5 Å². The number of nitrogens with two attached hydrogens (primary N) is 1. The van der Waals surface area contributed by atoms with Crippen molar-refractivity contribution in [2.45, 2.75) is 12.6 Å². The second-order valence-electron chi connectivity index (χ2n) is 6.37. The largest absolute Gasteiger partial charge is 0.351 e. The predicted molar refractivity (Wildman–Crippen MR) is 103 cm³/mol. The Morgan fingerprint density at radius 1 is 1.04 bits per heavy atom. The molecule has 0 aliphatic carbocycles. The smallest absolute Gasteiger partial charge is 0.251 e. The summed E-state index contributed by atoms with van der Waals surface area (Å²) in [6, 6.07) is 15.7. The molecule has 2 amide bonds. The highest BCUT2D eigenvalue weighted by Crippen LogP contribution is 2.10. The number of benzene rings is 2. The molecule has 2 aromatic carbocycles. The summed E-state index contributed by atoms with van der Waals surface area (Å²) in [6.45, 7) is 1.68. The monoisotopic (exact) mass is 354 g/mol. The van der Waals surface area contributed by atoms with E-state index in [4.69, 9.17) is 5.73 Å². The topological polar surface area (TPSA) is 87.5 Å². The first-order valence-electron chi connectivity index (χ1n) is 8.57. The zero-order chi connectivity index (χ0) is 18.9. The molecule has 0 saturated heterocycles. The zero-order valence-corrected chi connectivity index (χ0v) is 15.2. The molecular formula is C20H26N4O2. The number of carbonyl (C=O) groups excluding carboxylic acids is 2.